The Morgan fingerprint density at radius 2 is 1.18 bits per heavy atom. The van der Waals surface area contributed by atoms with Gasteiger partial charge in [0.2, 0.25) is 0 Å². The molecule has 0 saturated carbocycles. The van der Waals surface area contributed by atoms with Gasteiger partial charge in [0.1, 0.15) is 0 Å². The van der Waals surface area contributed by atoms with Gasteiger partial charge in [0.25, 0.3) is 0 Å². The van der Waals surface area contributed by atoms with Crippen LogP contribution in [0.2, 0.25) is 0 Å². The Labute approximate surface area is 215 Å². The minimum atomic E-state index is 0.172. The van der Waals surface area contributed by atoms with E-state index in [9.17, 15) is 0 Å². The summed E-state index contributed by atoms with van der Waals surface area (Å²) in [6.07, 6.45) is 0. The van der Waals surface area contributed by atoms with Crippen LogP contribution in [-0.4, -0.2) is 79.4 Å². The number of benzene rings is 3. The van der Waals surface area contributed by atoms with Crippen molar-refractivity contribution in [1.29, 1.82) is 0 Å². The topological polar surface area (TPSA) is 36.9 Å². The molecule has 0 bridgehead atoms. The van der Waals surface area contributed by atoms with E-state index in [0.717, 1.165) is 17.2 Å². The molecule has 0 fully saturated rings. The van der Waals surface area contributed by atoms with Gasteiger partial charge in [0.05, 0.1) is 0 Å². The average molecular weight is 641 g/mol. The molecule has 0 saturated heterocycles. The Morgan fingerprint density at radius 1 is 0.636 bits per heavy atom. The zero-order valence-corrected chi connectivity index (χ0v) is 24.3. The van der Waals surface area contributed by atoms with Crippen LogP contribution in [0.15, 0.2) is 80.6 Å². The van der Waals surface area contributed by atoms with Crippen LogP contribution in [0.25, 0.3) is 0 Å². The Bertz CT molecular complexity index is 1030. The van der Waals surface area contributed by atoms with E-state index in [4.69, 9.17) is 18.9 Å². The standard InChI is InChI=1S/C26H28O4Se3/c1-5-30-18-25(31-22-13-9-19(27-2)10-14-22)26(32-23-15-11-20(28-3)12-16-23)33-24-8-6-7-21(17-24)29-4/h6-17H,5,18H2,1-4H3/b26-25+. The Morgan fingerprint density at radius 3 is 1.73 bits per heavy atom. The van der Waals surface area contributed by atoms with E-state index in [0.29, 0.717) is 13.2 Å². The van der Waals surface area contributed by atoms with E-state index in [1.165, 1.54) is 21.2 Å². The van der Waals surface area contributed by atoms with Gasteiger partial charge in [0, 0.05) is 0 Å². The first-order valence-corrected chi connectivity index (χ1v) is 15.6. The maximum absolute atomic E-state index is 5.96. The second-order valence-corrected chi connectivity index (χ2v) is 15.0. The molecule has 3 aromatic rings. The summed E-state index contributed by atoms with van der Waals surface area (Å²) in [4.78, 5) is 0. The number of ether oxygens (including phenoxy) is 4. The van der Waals surface area contributed by atoms with Gasteiger partial charge in [-0.05, 0) is 0 Å². The summed E-state index contributed by atoms with van der Waals surface area (Å²) >= 11 is 0.538. The van der Waals surface area contributed by atoms with Gasteiger partial charge >= 0.3 is 217 Å². The molecule has 3 aromatic carbocycles. The molecule has 174 valence electrons. The normalized spacial score (nSPS) is 11.6. The first-order valence-electron chi connectivity index (χ1n) is 10.4. The maximum atomic E-state index is 5.96. The van der Waals surface area contributed by atoms with Gasteiger partial charge in [-0.2, -0.15) is 0 Å². The third kappa shape index (κ3) is 8.24. The minimum absolute atomic E-state index is 0.172. The first-order chi connectivity index (χ1) is 16.1. The molecule has 0 aromatic heterocycles. The fraction of sp³-hybridized carbons (Fsp3) is 0.231. The zero-order valence-electron chi connectivity index (χ0n) is 19.2. The van der Waals surface area contributed by atoms with Crippen molar-refractivity contribution in [3.8, 4) is 17.2 Å². The molecule has 0 aliphatic carbocycles. The van der Waals surface area contributed by atoms with Crippen LogP contribution in [0.5, 0.6) is 17.2 Å². The van der Waals surface area contributed by atoms with Crippen LogP contribution in [0.3, 0.4) is 0 Å². The summed E-state index contributed by atoms with van der Waals surface area (Å²) in [7, 11) is 5.12. The predicted octanol–water partition coefficient (Wildman–Crippen LogP) is 2.31. The Hall–Kier alpha value is -1.68. The van der Waals surface area contributed by atoms with Gasteiger partial charge in [-0.25, -0.2) is 0 Å². The summed E-state index contributed by atoms with van der Waals surface area (Å²) in [5, 5.41) is 0. The van der Waals surface area contributed by atoms with E-state index in [2.05, 4.69) is 49.4 Å². The van der Waals surface area contributed by atoms with Crippen molar-refractivity contribution in [1.82, 2.24) is 0 Å². The molecule has 0 aliphatic heterocycles. The molecule has 3 rings (SSSR count). The van der Waals surface area contributed by atoms with Crippen LogP contribution in [-0.2, 0) is 4.74 Å². The summed E-state index contributed by atoms with van der Waals surface area (Å²) in [6.45, 7) is 3.43. The quantitative estimate of drug-likeness (QED) is 0.285. The molecule has 0 unspecified atom stereocenters. The Kier molecular flexibility index (Phi) is 10.9. The second-order valence-electron chi connectivity index (χ2n) is 6.68. The van der Waals surface area contributed by atoms with Crippen LogP contribution < -0.4 is 27.6 Å². The molecule has 0 N–H and O–H groups in total. The summed E-state index contributed by atoms with van der Waals surface area (Å²) in [5.74, 6) is 2.67. The number of hydrogen-bond acceptors (Lipinski definition) is 4. The molecule has 0 aliphatic rings. The fourth-order valence-corrected chi connectivity index (χ4v) is 11.7. The van der Waals surface area contributed by atoms with Gasteiger partial charge < -0.3 is 0 Å². The molecule has 4 nitrogen and oxygen atoms in total. The van der Waals surface area contributed by atoms with E-state index < -0.39 is 0 Å². The van der Waals surface area contributed by atoms with Crippen LogP contribution in [0.1, 0.15) is 6.92 Å². The molecule has 33 heavy (non-hydrogen) atoms. The fourth-order valence-electron chi connectivity index (χ4n) is 2.77. The van der Waals surface area contributed by atoms with Gasteiger partial charge in [-0.1, -0.05) is 0 Å². The molecule has 7 heteroatoms. The zero-order chi connectivity index (χ0) is 23.5. The first kappa shape index (κ1) is 25.9. The van der Waals surface area contributed by atoms with Crippen molar-refractivity contribution in [2.45, 2.75) is 6.92 Å². The predicted molar refractivity (Wildman–Crippen MR) is 139 cm³/mol. The van der Waals surface area contributed by atoms with Crippen LogP contribution in [0, 0.1) is 0 Å². The number of methoxy groups -OCH3 is 3. The molecular weight excluding hydrogens is 613 g/mol. The van der Waals surface area contributed by atoms with Gasteiger partial charge in [0.15, 0.2) is 0 Å². The molecule has 0 amide bonds. The molecule has 0 radical (unpaired) electrons. The SMILES string of the molecule is CCOC/C([Se]c1ccc(OC)cc1)=C(/[Se]c1ccc(OC)cc1)[Se]c1cccc(OC)c1. The summed E-state index contributed by atoms with van der Waals surface area (Å²) in [6, 6.07) is 25.3. The summed E-state index contributed by atoms with van der Waals surface area (Å²) in [5.41, 5.74) is 0. The van der Waals surface area contributed by atoms with Crippen molar-refractivity contribution in [2.24, 2.45) is 0 Å². The van der Waals surface area contributed by atoms with E-state index >= 15 is 0 Å². The molecule has 0 spiro atoms. The van der Waals surface area contributed by atoms with E-state index in [1.54, 1.807) is 21.3 Å². The van der Waals surface area contributed by atoms with Crippen LogP contribution in [0.4, 0.5) is 0 Å². The van der Waals surface area contributed by atoms with Crippen molar-refractivity contribution >= 4 is 58.3 Å². The third-order valence-electron chi connectivity index (χ3n) is 4.49. The molecule has 0 atom stereocenters. The van der Waals surface area contributed by atoms with Gasteiger partial charge in [-0.15, -0.1) is 0 Å². The summed E-state index contributed by atoms with van der Waals surface area (Å²) < 4.78 is 29.0. The third-order valence-corrected chi connectivity index (χ3v) is 13.8. The van der Waals surface area contributed by atoms with Crippen molar-refractivity contribution in [3.63, 3.8) is 0 Å². The monoisotopic (exact) mass is 644 g/mol. The van der Waals surface area contributed by atoms with Crippen molar-refractivity contribution < 1.29 is 18.9 Å². The van der Waals surface area contributed by atoms with Crippen molar-refractivity contribution in [3.05, 3.63) is 80.6 Å². The Balaban J connectivity index is 1.97. The van der Waals surface area contributed by atoms with E-state index in [-0.39, 0.29) is 44.9 Å². The number of hydrogen-bond donors (Lipinski definition) is 0. The average Bonchev–Trinajstić information content (AvgIpc) is 2.87. The molecular formula is C26H28O4Se3. The van der Waals surface area contributed by atoms with Crippen molar-refractivity contribution in [2.75, 3.05) is 34.5 Å². The molecule has 0 heterocycles. The van der Waals surface area contributed by atoms with Crippen LogP contribution >= 0.6 is 0 Å². The number of rotatable bonds is 12. The second kappa shape index (κ2) is 13.9. The van der Waals surface area contributed by atoms with E-state index in [1.807, 2.05) is 30.3 Å². The van der Waals surface area contributed by atoms with Gasteiger partial charge in [-0.3, -0.25) is 0 Å².